The van der Waals surface area contributed by atoms with Crippen LogP contribution < -0.4 is 11.1 Å². The fourth-order valence-electron chi connectivity index (χ4n) is 1.17. The van der Waals surface area contributed by atoms with Crippen LogP contribution in [0.3, 0.4) is 0 Å². The van der Waals surface area contributed by atoms with Gasteiger partial charge in [-0.25, -0.2) is 0 Å². The van der Waals surface area contributed by atoms with Gasteiger partial charge in [0.25, 0.3) is 0 Å². The third-order valence-electron chi connectivity index (χ3n) is 2.20. The van der Waals surface area contributed by atoms with E-state index in [4.69, 9.17) is 5.73 Å². The molecule has 0 saturated heterocycles. The van der Waals surface area contributed by atoms with Gasteiger partial charge in [0.1, 0.15) is 0 Å². The second-order valence-corrected chi connectivity index (χ2v) is 3.68. The van der Waals surface area contributed by atoms with Gasteiger partial charge in [-0.15, -0.1) is 0 Å². The van der Waals surface area contributed by atoms with Crippen molar-refractivity contribution in [2.45, 2.75) is 6.92 Å². The van der Waals surface area contributed by atoms with Gasteiger partial charge < -0.3 is 20.7 Å². The van der Waals surface area contributed by atoms with E-state index in [1.807, 2.05) is 0 Å². The number of carbonyl (C=O) groups excluding carboxylic acids is 3. The average molecular weight is 245 g/mol. The first kappa shape index (κ1) is 15.4. The van der Waals surface area contributed by atoms with E-state index >= 15 is 0 Å². The van der Waals surface area contributed by atoms with Crippen molar-refractivity contribution in [1.82, 2.24) is 10.2 Å². The molecule has 0 aromatic heterocycles. The average Bonchev–Trinajstić information content (AvgIpc) is 2.33. The summed E-state index contributed by atoms with van der Waals surface area (Å²) in [7, 11) is 2.85. The Morgan fingerprint density at radius 2 is 2.00 bits per heavy atom. The van der Waals surface area contributed by atoms with Crippen LogP contribution in [0.2, 0.25) is 0 Å². The van der Waals surface area contributed by atoms with Crippen LogP contribution in [0.15, 0.2) is 0 Å². The highest BCUT2D eigenvalue weighted by Gasteiger charge is 2.18. The van der Waals surface area contributed by atoms with Crippen LogP contribution in [0.25, 0.3) is 0 Å². The first-order valence-electron chi connectivity index (χ1n) is 5.20. The van der Waals surface area contributed by atoms with Crippen LogP contribution in [0, 0.1) is 5.92 Å². The number of nitrogens with one attached hydrogen (secondary N) is 1. The minimum atomic E-state index is -0.404. The Morgan fingerprint density at radius 1 is 1.41 bits per heavy atom. The second kappa shape index (κ2) is 7.61. The minimum Gasteiger partial charge on any atom is -0.469 e. The molecule has 0 spiro atoms. The van der Waals surface area contributed by atoms with E-state index in [-0.39, 0.29) is 31.5 Å². The lowest BCUT2D eigenvalue weighted by atomic mass is 10.2. The zero-order valence-corrected chi connectivity index (χ0v) is 10.4. The second-order valence-electron chi connectivity index (χ2n) is 3.68. The molecule has 0 bridgehead atoms. The quantitative estimate of drug-likeness (QED) is 0.545. The van der Waals surface area contributed by atoms with Crippen molar-refractivity contribution in [2.75, 3.05) is 33.8 Å². The van der Waals surface area contributed by atoms with Gasteiger partial charge in [-0.3, -0.25) is 14.4 Å². The Hall–Kier alpha value is -1.63. The molecule has 98 valence electrons. The maximum Gasteiger partial charge on any atom is 0.310 e. The molecular formula is C10H19N3O4. The summed E-state index contributed by atoms with van der Waals surface area (Å²) in [5.41, 5.74) is 5.07. The Bertz CT molecular complexity index is 293. The van der Waals surface area contributed by atoms with Crippen LogP contribution in [-0.4, -0.2) is 56.5 Å². The lowest BCUT2D eigenvalue weighted by Crippen LogP contribution is -2.42. The Morgan fingerprint density at radius 3 is 2.47 bits per heavy atom. The SMILES string of the molecule is COC(=O)C(C)CN(C)C(=O)CNC(=O)CN. The molecule has 2 amide bonds. The van der Waals surface area contributed by atoms with Crippen molar-refractivity contribution >= 4 is 17.8 Å². The summed E-state index contributed by atoms with van der Waals surface area (Å²) >= 11 is 0. The number of hydrogen-bond acceptors (Lipinski definition) is 5. The van der Waals surface area contributed by atoms with Gasteiger partial charge in [0.05, 0.1) is 26.1 Å². The van der Waals surface area contributed by atoms with Crippen LogP contribution in [0.4, 0.5) is 0 Å². The summed E-state index contributed by atoms with van der Waals surface area (Å²) in [5.74, 6) is -1.47. The molecule has 0 heterocycles. The topological polar surface area (TPSA) is 102 Å². The standard InChI is InChI=1S/C10H19N3O4/c1-7(10(16)17-3)6-13(2)9(15)5-12-8(14)4-11/h7H,4-6,11H2,1-3H3,(H,12,14). The number of esters is 1. The molecule has 7 nitrogen and oxygen atoms in total. The molecule has 0 saturated carbocycles. The van der Waals surface area contributed by atoms with Crippen molar-refractivity contribution in [3.05, 3.63) is 0 Å². The highest BCUT2D eigenvalue weighted by molar-refractivity contribution is 5.85. The molecule has 0 aromatic rings. The van der Waals surface area contributed by atoms with Gasteiger partial charge in [0, 0.05) is 13.6 Å². The fourth-order valence-corrected chi connectivity index (χ4v) is 1.17. The van der Waals surface area contributed by atoms with E-state index in [0.29, 0.717) is 0 Å². The molecule has 0 aliphatic rings. The van der Waals surface area contributed by atoms with Gasteiger partial charge in [-0.1, -0.05) is 6.92 Å². The Balaban J connectivity index is 4.05. The van der Waals surface area contributed by atoms with Crippen molar-refractivity contribution < 1.29 is 19.1 Å². The molecule has 0 rings (SSSR count). The molecule has 0 fully saturated rings. The first-order chi connectivity index (χ1) is 7.92. The van der Waals surface area contributed by atoms with Crippen molar-refractivity contribution in [2.24, 2.45) is 11.7 Å². The van der Waals surface area contributed by atoms with Gasteiger partial charge in [-0.2, -0.15) is 0 Å². The zero-order valence-electron chi connectivity index (χ0n) is 10.4. The third-order valence-corrected chi connectivity index (χ3v) is 2.20. The minimum absolute atomic E-state index is 0.125. The van der Waals surface area contributed by atoms with E-state index < -0.39 is 11.8 Å². The molecule has 0 aliphatic carbocycles. The number of likely N-dealkylation sites (N-methyl/N-ethyl adjacent to an activating group) is 1. The lowest BCUT2D eigenvalue weighted by Gasteiger charge is -2.20. The largest absolute Gasteiger partial charge is 0.469 e. The molecule has 3 N–H and O–H groups in total. The molecule has 0 aliphatic heterocycles. The van der Waals surface area contributed by atoms with Gasteiger partial charge >= 0.3 is 5.97 Å². The zero-order chi connectivity index (χ0) is 13.4. The van der Waals surface area contributed by atoms with Crippen LogP contribution in [0.5, 0.6) is 0 Å². The van der Waals surface area contributed by atoms with Crippen molar-refractivity contribution in [3.8, 4) is 0 Å². The summed E-state index contributed by atoms with van der Waals surface area (Å²) in [6, 6.07) is 0. The smallest absolute Gasteiger partial charge is 0.310 e. The van der Waals surface area contributed by atoms with E-state index in [2.05, 4.69) is 10.1 Å². The predicted octanol–water partition coefficient (Wildman–Crippen LogP) is -1.67. The maximum atomic E-state index is 11.5. The van der Waals surface area contributed by atoms with Crippen molar-refractivity contribution in [1.29, 1.82) is 0 Å². The Labute approximate surface area is 100 Å². The summed E-state index contributed by atoms with van der Waals surface area (Å²) in [4.78, 5) is 34.9. The summed E-state index contributed by atoms with van der Waals surface area (Å²) in [6.07, 6.45) is 0. The lowest BCUT2D eigenvalue weighted by molar-refractivity contribution is -0.146. The number of hydrogen-bond donors (Lipinski definition) is 2. The van der Waals surface area contributed by atoms with Gasteiger partial charge in [0.2, 0.25) is 11.8 Å². The summed E-state index contributed by atoms with van der Waals surface area (Å²) in [5, 5.41) is 2.36. The van der Waals surface area contributed by atoms with Crippen LogP contribution in [-0.2, 0) is 19.1 Å². The molecule has 1 unspecified atom stereocenters. The Kier molecular flexibility index (Phi) is 6.88. The summed E-state index contributed by atoms with van der Waals surface area (Å²) in [6.45, 7) is 1.62. The number of methoxy groups -OCH3 is 1. The highest BCUT2D eigenvalue weighted by Crippen LogP contribution is 2.00. The number of nitrogens with two attached hydrogens (primary N) is 1. The van der Waals surface area contributed by atoms with Crippen LogP contribution in [0.1, 0.15) is 6.92 Å². The predicted molar refractivity (Wildman–Crippen MR) is 60.9 cm³/mol. The molecule has 0 aromatic carbocycles. The van der Waals surface area contributed by atoms with Crippen molar-refractivity contribution in [3.63, 3.8) is 0 Å². The number of carbonyl (C=O) groups is 3. The van der Waals surface area contributed by atoms with Gasteiger partial charge in [0.15, 0.2) is 0 Å². The van der Waals surface area contributed by atoms with E-state index in [0.717, 1.165) is 0 Å². The maximum absolute atomic E-state index is 11.5. The number of amides is 2. The van der Waals surface area contributed by atoms with E-state index in [1.165, 1.54) is 12.0 Å². The van der Waals surface area contributed by atoms with Crippen LogP contribution >= 0.6 is 0 Å². The summed E-state index contributed by atoms with van der Waals surface area (Å²) < 4.78 is 4.55. The first-order valence-corrected chi connectivity index (χ1v) is 5.20. The molecule has 17 heavy (non-hydrogen) atoms. The third kappa shape index (κ3) is 5.86. The fraction of sp³-hybridized carbons (Fsp3) is 0.700. The molecule has 7 heteroatoms. The van der Waals surface area contributed by atoms with Gasteiger partial charge in [-0.05, 0) is 0 Å². The van der Waals surface area contributed by atoms with E-state index in [9.17, 15) is 14.4 Å². The highest BCUT2D eigenvalue weighted by atomic mass is 16.5. The molecule has 0 radical (unpaired) electrons. The normalized spacial score (nSPS) is 11.5. The number of ether oxygens (including phenoxy) is 1. The molecular weight excluding hydrogens is 226 g/mol. The number of nitrogens with zero attached hydrogens (tertiary/aromatic N) is 1. The molecule has 1 atom stereocenters. The van der Waals surface area contributed by atoms with E-state index in [1.54, 1.807) is 14.0 Å². The monoisotopic (exact) mass is 245 g/mol. The number of rotatable bonds is 6.